The third-order valence-electron chi connectivity index (χ3n) is 2.96. The first kappa shape index (κ1) is 14.9. The molecule has 1 unspecified atom stereocenters. The molecule has 0 heterocycles. The largest absolute Gasteiger partial charge is 0.307 e. The monoisotopic (exact) mass is 299 g/mol. The van der Waals surface area contributed by atoms with Crippen molar-refractivity contribution in [1.29, 1.82) is 0 Å². The number of nitrogens with one attached hydrogen (secondary N) is 1. The molecule has 0 fully saturated rings. The molecule has 0 aliphatic rings. The van der Waals surface area contributed by atoms with Crippen LogP contribution in [0.3, 0.4) is 0 Å². The third-order valence-corrected chi connectivity index (χ3v) is 3.25. The van der Waals surface area contributed by atoms with Gasteiger partial charge in [0, 0.05) is 0 Å². The van der Waals surface area contributed by atoms with Crippen molar-refractivity contribution in [2.24, 2.45) is 0 Å². The van der Waals surface area contributed by atoms with Crippen LogP contribution in [-0.2, 0) is 0 Å². The molecule has 1 N–H and O–H groups in total. The first-order valence-corrected chi connectivity index (χ1v) is 6.54. The minimum atomic E-state index is -0.918. The number of rotatable bonds is 4. The Labute approximate surface area is 120 Å². The topological polar surface area (TPSA) is 12.0 Å². The minimum Gasteiger partial charge on any atom is -0.307 e. The summed E-state index contributed by atoms with van der Waals surface area (Å²) in [5.74, 6) is -2.34. The molecule has 0 aliphatic carbocycles. The van der Waals surface area contributed by atoms with Crippen molar-refractivity contribution in [1.82, 2.24) is 5.32 Å². The first-order valence-electron chi connectivity index (χ1n) is 6.16. The molecule has 2 aromatic rings. The number of benzene rings is 2. The van der Waals surface area contributed by atoms with Gasteiger partial charge in [0.2, 0.25) is 0 Å². The van der Waals surface area contributed by atoms with E-state index >= 15 is 0 Å². The lowest BCUT2D eigenvalue weighted by Gasteiger charge is -2.19. The van der Waals surface area contributed by atoms with Crippen LogP contribution in [0, 0.1) is 17.5 Å². The molecule has 106 valence electrons. The van der Waals surface area contributed by atoms with E-state index in [1.165, 1.54) is 18.2 Å². The summed E-state index contributed by atoms with van der Waals surface area (Å²) in [6.07, 6.45) is 0. The van der Waals surface area contributed by atoms with Crippen LogP contribution in [0.15, 0.2) is 36.4 Å². The van der Waals surface area contributed by atoms with E-state index in [9.17, 15) is 13.2 Å². The summed E-state index contributed by atoms with van der Waals surface area (Å²) in [5.41, 5.74) is 1.23. The van der Waals surface area contributed by atoms with Gasteiger partial charge in [-0.1, -0.05) is 30.7 Å². The fraction of sp³-hybridized carbons (Fsp3) is 0.200. The van der Waals surface area contributed by atoms with E-state index in [0.29, 0.717) is 17.7 Å². The van der Waals surface area contributed by atoms with Crippen LogP contribution in [0.1, 0.15) is 24.1 Å². The van der Waals surface area contributed by atoms with E-state index in [2.05, 4.69) is 5.32 Å². The molecule has 0 aromatic heterocycles. The predicted molar refractivity (Wildman–Crippen MR) is 73.3 cm³/mol. The highest BCUT2D eigenvalue weighted by Gasteiger charge is 2.16. The Morgan fingerprint density at radius 2 is 1.55 bits per heavy atom. The zero-order valence-electron chi connectivity index (χ0n) is 10.8. The second kappa shape index (κ2) is 6.29. The molecule has 0 spiro atoms. The fourth-order valence-electron chi connectivity index (χ4n) is 2.02. The van der Waals surface area contributed by atoms with Gasteiger partial charge in [-0.15, -0.1) is 0 Å². The smallest absolute Gasteiger partial charge is 0.159 e. The number of hydrogen-bond donors (Lipinski definition) is 1. The molecular formula is C15H13ClF3N. The Balaban J connectivity index is 2.44. The van der Waals surface area contributed by atoms with Gasteiger partial charge >= 0.3 is 0 Å². The maximum atomic E-state index is 13.4. The number of halogens is 4. The van der Waals surface area contributed by atoms with Crippen LogP contribution in [0.25, 0.3) is 0 Å². The summed E-state index contributed by atoms with van der Waals surface area (Å²) in [4.78, 5) is 0. The Morgan fingerprint density at radius 3 is 2.10 bits per heavy atom. The molecule has 0 amide bonds. The van der Waals surface area contributed by atoms with Crippen LogP contribution >= 0.6 is 11.6 Å². The summed E-state index contributed by atoms with van der Waals surface area (Å²) in [7, 11) is 0. The second-order valence-electron chi connectivity index (χ2n) is 4.34. The highest BCUT2D eigenvalue weighted by molar-refractivity contribution is 6.30. The quantitative estimate of drug-likeness (QED) is 0.879. The van der Waals surface area contributed by atoms with Crippen molar-refractivity contribution >= 4 is 11.6 Å². The van der Waals surface area contributed by atoms with Crippen LogP contribution in [0.5, 0.6) is 0 Å². The molecule has 0 saturated heterocycles. The average molecular weight is 300 g/mol. The van der Waals surface area contributed by atoms with Crippen molar-refractivity contribution in [2.75, 3.05) is 6.54 Å². The fourth-order valence-corrected chi connectivity index (χ4v) is 2.21. The van der Waals surface area contributed by atoms with Crippen LogP contribution < -0.4 is 5.32 Å². The molecular weight excluding hydrogens is 287 g/mol. The number of hydrogen-bond acceptors (Lipinski definition) is 1. The zero-order valence-corrected chi connectivity index (χ0v) is 11.5. The molecule has 2 aromatic carbocycles. The van der Waals surface area contributed by atoms with Crippen LogP contribution in [0.4, 0.5) is 13.2 Å². The van der Waals surface area contributed by atoms with Gasteiger partial charge in [-0.25, -0.2) is 13.2 Å². The molecule has 1 atom stereocenters. The minimum absolute atomic E-state index is 0.00649. The molecule has 2 rings (SSSR count). The normalized spacial score (nSPS) is 12.4. The van der Waals surface area contributed by atoms with E-state index in [4.69, 9.17) is 11.6 Å². The Morgan fingerprint density at radius 1 is 0.950 bits per heavy atom. The lowest BCUT2D eigenvalue weighted by molar-refractivity contribution is 0.504. The van der Waals surface area contributed by atoms with E-state index in [-0.39, 0.29) is 11.1 Å². The van der Waals surface area contributed by atoms with Gasteiger partial charge in [0.25, 0.3) is 0 Å². The summed E-state index contributed by atoms with van der Waals surface area (Å²) >= 11 is 5.77. The van der Waals surface area contributed by atoms with Gasteiger partial charge < -0.3 is 5.32 Å². The SMILES string of the molecule is CCNC(c1ccc(F)c(F)c1)c1ccc(F)c(Cl)c1. The Kier molecular flexibility index (Phi) is 4.68. The van der Waals surface area contributed by atoms with Gasteiger partial charge in [0.15, 0.2) is 11.6 Å². The van der Waals surface area contributed by atoms with Crippen molar-refractivity contribution < 1.29 is 13.2 Å². The lowest BCUT2D eigenvalue weighted by Crippen LogP contribution is -2.22. The maximum absolute atomic E-state index is 13.4. The Hall–Kier alpha value is -1.52. The van der Waals surface area contributed by atoms with Crippen molar-refractivity contribution in [2.45, 2.75) is 13.0 Å². The highest BCUT2D eigenvalue weighted by Crippen LogP contribution is 2.27. The van der Waals surface area contributed by atoms with Gasteiger partial charge in [0.05, 0.1) is 11.1 Å². The molecule has 20 heavy (non-hydrogen) atoms. The summed E-state index contributed by atoms with van der Waals surface area (Å²) in [6.45, 7) is 2.50. The van der Waals surface area contributed by atoms with Crippen molar-refractivity contribution in [3.05, 3.63) is 70.0 Å². The van der Waals surface area contributed by atoms with Crippen LogP contribution in [0.2, 0.25) is 5.02 Å². The van der Waals surface area contributed by atoms with Crippen molar-refractivity contribution in [3.63, 3.8) is 0 Å². The van der Waals surface area contributed by atoms with Crippen LogP contribution in [-0.4, -0.2) is 6.54 Å². The lowest BCUT2D eigenvalue weighted by atomic mass is 9.98. The molecule has 0 aliphatic heterocycles. The first-order chi connectivity index (χ1) is 9.52. The molecule has 0 bridgehead atoms. The third kappa shape index (κ3) is 3.14. The van der Waals surface area contributed by atoms with Crippen molar-refractivity contribution in [3.8, 4) is 0 Å². The maximum Gasteiger partial charge on any atom is 0.159 e. The predicted octanol–water partition coefficient (Wildman–Crippen LogP) is 4.46. The van der Waals surface area contributed by atoms with E-state index < -0.39 is 17.5 Å². The van der Waals surface area contributed by atoms with Gasteiger partial charge in [-0.05, 0) is 41.9 Å². The van der Waals surface area contributed by atoms with Gasteiger partial charge in [-0.3, -0.25) is 0 Å². The van der Waals surface area contributed by atoms with E-state index in [1.54, 1.807) is 6.07 Å². The average Bonchev–Trinajstić information content (AvgIpc) is 2.43. The van der Waals surface area contributed by atoms with E-state index in [0.717, 1.165) is 12.1 Å². The summed E-state index contributed by atoms with van der Waals surface area (Å²) in [6, 6.07) is 7.60. The summed E-state index contributed by atoms with van der Waals surface area (Å²) in [5, 5.41) is 3.13. The zero-order chi connectivity index (χ0) is 14.7. The molecule has 0 saturated carbocycles. The van der Waals surface area contributed by atoms with E-state index in [1.807, 2.05) is 6.92 Å². The van der Waals surface area contributed by atoms with Gasteiger partial charge in [-0.2, -0.15) is 0 Å². The molecule has 0 radical (unpaired) electrons. The Bertz CT molecular complexity index is 565. The van der Waals surface area contributed by atoms with Gasteiger partial charge in [0.1, 0.15) is 5.82 Å². The summed E-state index contributed by atoms with van der Waals surface area (Å²) < 4.78 is 39.6. The standard InChI is InChI=1S/C15H13ClF3N/c1-2-20-15(9-3-5-12(17)11(16)7-9)10-4-6-13(18)14(19)8-10/h3-8,15,20H,2H2,1H3. The second-order valence-corrected chi connectivity index (χ2v) is 4.74. The highest BCUT2D eigenvalue weighted by atomic mass is 35.5. The molecule has 1 nitrogen and oxygen atoms in total. The molecule has 5 heteroatoms.